The number of rotatable bonds is 7. The van der Waals surface area contributed by atoms with Crippen molar-refractivity contribution < 1.29 is 8.78 Å². The smallest absolute Gasteiger partial charge is 0.126 e. The molecule has 0 spiro atoms. The summed E-state index contributed by atoms with van der Waals surface area (Å²) in [5, 5.41) is 0. The van der Waals surface area contributed by atoms with E-state index in [4.69, 9.17) is 0 Å². The first-order valence-corrected chi connectivity index (χ1v) is 13.0. The molecular weight excluding hydrogens is 436 g/mol. The lowest BCUT2D eigenvalue weighted by atomic mass is 9.85. The van der Waals surface area contributed by atoms with Crippen molar-refractivity contribution in [2.45, 2.75) is 46.0 Å². The van der Waals surface area contributed by atoms with Gasteiger partial charge in [-0.3, -0.25) is 4.39 Å². The predicted molar refractivity (Wildman–Crippen MR) is 142 cm³/mol. The van der Waals surface area contributed by atoms with Crippen LogP contribution in [0.5, 0.6) is 0 Å². The van der Waals surface area contributed by atoms with Gasteiger partial charge in [0, 0.05) is 19.6 Å². The Morgan fingerprint density at radius 2 is 1.63 bits per heavy atom. The van der Waals surface area contributed by atoms with E-state index in [0.717, 1.165) is 56.4 Å². The number of hydrogen-bond donors (Lipinski definition) is 0. The van der Waals surface area contributed by atoms with E-state index in [1.165, 1.54) is 39.0 Å². The molecule has 0 atom stereocenters. The van der Waals surface area contributed by atoms with E-state index >= 15 is 0 Å². The highest BCUT2D eigenvalue weighted by molar-refractivity contribution is 6.00. The molecule has 1 aliphatic carbocycles. The van der Waals surface area contributed by atoms with Crippen LogP contribution in [0.15, 0.2) is 60.7 Å². The van der Waals surface area contributed by atoms with E-state index in [-0.39, 0.29) is 12.5 Å². The van der Waals surface area contributed by atoms with Gasteiger partial charge in [-0.05, 0) is 108 Å². The van der Waals surface area contributed by atoms with E-state index in [1.54, 1.807) is 6.07 Å². The number of benzene rings is 3. The van der Waals surface area contributed by atoms with Gasteiger partial charge in [0.05, 0.1) is 6.67 Å². The SMILES string of the molecule is Cc1c(F)ccc(C2=C(c3ccc(CC4CN(CCCF)C4)cc3)c3ccccc3CCC2)c1C. The maximum Gasteiger partial charge on any atom is 0.126 e. The van der Waals surface area contributed by atoms with Gasteiger partial charge in [0.2, 0.25) is 0 Å². The fourth-order valence-electron chi connectivity index (χ4n) is 5.85. The molecule has 35 heavy (non-hydrogen) atoms. The number of halogens is 2. The summed E-state index contributed by atoms with van der Waals surface area (Å²) < 4.78 is 26.7. The summed E-state index contributed by atoms with van der Waals surface area (Å²) in [5.41, 5.74) is 10.9. The van der Waals surface area contributed by atoms with E-state index in [2.05, 4.69) is 53.4 Å². The summed E-state index contributed by atoms with van der Waals surface area (Å²) in [5.74, 6) is 0.532. The zero-order chi connectivity index (χ0) is 24.4. The van der Waals surface area contributed by atoms with Gasteiger partial charge in [-0.2, -0.15) is 0 Å². The molecule has 1 saturated heterocycles. The fourth-order valence-corrected chi connectivity index (χ4v) is 5.85. The predicted octanol–water partition coefficient (Wildman–Crippen LogP) is 7.57. The summed E-state index contributed by atoms with van der Waals surface area (Å²) in [6, 6.07) is 21.5. The van der Waals surface area contributed by atoms with Gasteiger partial charge < -0.3 is 4.90 Å². The Hall–Kier alpha value is -2.78. The molecule has 0 amide bonds. The lowest BCUT2D eigenvalue weighted by Crippen LogP contribution is -2.47. The van der Waals surface area contributed by atoms with Crippen LogP contribution in [0, 0.1) is 25.6 Å². The van der Waals surface area contributed by atoms with Gasteiger partial charge in [0.1, 0.15) is 5.82 Å². The van der Waals surface area contributed by atoms with Crippen molar-refractivity contribution in [3.8, 4) is 0 Å². The Morgan fingerprint density at radius 1 is 0.857 bits per heavy atom. The third-order valence-electron chi connectivity index (χ3n) is 7.92. The van der Waals surface area contributed by atoms with Gasteiger partial charge in [-0.15, -0.1) is 0 Å². The highest BCUT2D eigenvalue weighted by atomic mass is 19.1. The lowest BCUT2D eigenvalue weighted by molar-refractivity contribution is 0.0968. The summed E-state index contributed by atoms with van der Waals surface area (Å²) in [4.78, 5) is 2.35. The molecule has 0 radical (unpaired) electrons. The quantitative estimate of drug-likeness (QED) is 0.343. The monoisotopic (exact) mass is 471 g/mol. The summed E-state index contributed by atoms with van der Waals surface area (Å²) >= 11 is 0. The van der Waals surface area contributed by atoms with Gasteiger partial charge in [0.15, 0.2) is 0 Å². The van der Waals surface area contributed by atoms with Crippen molar-refractivity contribution in [3.63, 3.8) is 0 Å². The van der Waals surface area contributed by atoms with Crippen LogP contribution in [0.25, 0.3) is 11.1 Å². The zero-order valence-electron chi connectivity index (χ0n) is 20.9. The van der Waals surface area contributed by atoms with Crippen molar-refractivity contribution in [2.75, 3.05) is 26.3 Å². The first-order chi connectivity index (χ1) is 17.0. The zero-order valence-corrected chi connectivity index (χ0v) is 20.9. The number of nitrogens with zero attached hydrogens (tertiary/aromatic N) is 1. The molecule has 0 bridgehead atoms. The lowest BCUT2D eigenvalue weighted by Gasteiger charge is -2.39. The molecule has 182 valence electrons. The molecule has 3 heteroatoms. The van der Waals surface area contributed by atoms with Crippen LogP contribution in [-0.4, -0.2) is 31.2 Å². The second kappa shape index (κ2) is 10.5. The third kappa shape index (κ3) is 4.97. The Kier molecular flexibility index (Phi) is 7.15. The molecular formula is C32H35F2N. The average Bonchev–Trinajstić information content (AvgIpc) is 3.04. The molecule has 1 aliphatic heterocycles. The molecule has 0 aromatic heterocycles. The van der Waals surface area contributed by atoms with Crippen LogP contribution >= 0.6 is 0 Å². The third-order valence-corrected chi connectivity index (χ3v) is 7.92. The molecule has 0 N–H and O–H groups in total. The number of likely N-dealkylation sites (tertiary alicyclic amines) is 1. The van der Waals surface area contributed by atoms with Crippen molar-refractivity contribution >= 4 is 11.1 Å². The molecule has 0 unspecified atom stereocenters. The van der Waals surface area contributed by atoms with Gasteiger partial charge in [-0.1, -0.05) is 54.6 Å². The maximum absolute atomic E-state index is 14.3. The van der Waals surface area contributed by atoms with Crippen LogP contribution in [-0.2, 0) is 12.8 Å². The fraction of sp³-hybridized carbons (Fsp3) is 0.375. The molecule has 0 saturated carbocycles. The molecule has 1 nitrogen and oxygen atoms in total. The summed E-state index contributed by atoms with van der Waals surface area (Å²) in [6.45, 7) is 6.74. The van der Waals surface area contributed by atoms with Crippen molar-refractivity contribution in [3.05, 3.63) is 105 Å². The molecule has 5 rings (SSSR count). The molecule has 2 aliphatic rings. The van der Waals surface area contributed by atoms with Crippen LogP contribution in [0.4, 0.5) is 8.78 Å². The van der Waals surface area contributed by atoms with Crippen LogP contribution in [0.2, 0.25) is 0 Å². The second-order valence-electron chi connectivity index (χ2n) is 10.3. The van der Waals surface area contributed by atoms with Crippen molar-refractivity contribution in [2.24, 2.45) is 5.92 Å². The number of allylic oxidation sites excluding steroid dienone is 1. The highest BCUT2D eigenvalue weighted by Gasteiger charge is 2.26. The van der Waals surface area contributed by atoms with E-state index in [0.29, 0.717) is 12.3 Å². The minimum absolute atomic E-state index is 0.133. The second-order valence-corrected chi connectivity index (χ2v) is 10.3. The normalized spacial score (nSPS) is 16.7. The largest absolute Gasteiger partial charge is 0.303 e. The van der Waals surface area contributed by atoms with Crippen LogP contribution in [0.3, 0.4) is 0 Å². The first kappa shape index (κ1) is 23.9. The Balaban J connectivity index is 1.49. The van der Waals surface area contributed by atoms with Crippen molar-refractivity contribution in [1.82, 2.24) is 4.90 Å². The van der Waals surface area contributed by atoms with Gasteiger partial charge >= 0.3 is 0 Å². The summed E-state index contributed by atoms with van der Waals surface area (Å²) in [6.07, 6.45) is 4.85. The Morgan fingerprint density at radius 3 is 2.40 bits per heavy atom. The van der Waals surface area contributed by atoms with Crippen LogP contribution < -0.4 is 0 Å². The van der Waals surface area contributed by atoms with Crippen LogP contribution in [0.1, 0.15) is 58.2 Å². The molecule has 1 heterocycles. The van der Waals surface area contributed by atoms with Gasteiger partial charge in [0.25, 0.3) is 0 Å². The van der Waals surface area contributed by atoms with Gasteiger partial charge in [-0.25, -0.2) is 4.39 Å². The standard InChI is InChI=1S/C32H35F2N/c1-22-23(2)31(34)16-15-28(22)30-10-5-8-26-7-3-4-9-29(26)32(30)27-13-11-24(12-14-27)19-25-20-35(21-25)18-6-17-33/h3-4,7,9,11-16,25H,5-6,8,10,17-21H2,1-2H3. The average molecular weight is 472 g/mol. The molecule has 3 aromatic rings. The number of fused-ring (bicyclic) bond motifs is 1. The van der Waals surface area contributed by atoms with Crippen molar-refractivity contribution in [1.29, 1.82) is 0 Å². The minimum atomic E-state index is -0.222. The van der Waals surface area contributed by atoms with E-state index < -0.39 is 0 Å². The first-order valence-electron chi connectivity index (χ1n) is 13.0. The topological polar surface area (TPSA) is 3.24 Å². The van der Waals surface area contributed by atoms with E-state index in [9.17, 15) is 8.78 Å². The number of aryl methyl sites for hydroxylation is 1. The summed E-state index contributed by atoms with van der Waals surface area (Å²) in [7, 11) is 0. The number of alkyl halides is 1. The molecule has 1 fully saturated rings. The van der Waals surface area contributed by atoms with E-state index in [1.807, 2.05) is 19.9 Å². The maximum atomic E-state index is 14.3. The minimum Gasteiger partial charge on any atom is -0.303 e. The highest BCUT2D eigenvalue weighted by Crippen LogP contribution is 2.41. The Bertz CT molecular complexity index is 1220. The Labute approximate surface area is 208 Å². The number of hydrogen-bond acceptors (Lipinski definition) is 1. The molecule has 3 aromatic carbocycles.